The zero-order chi connectivity index (χ0) is 10.1. The summed E-state index contributed by atoms with van der Waals surface area (Å²) in [7, 11) is 0. The van der Waals surface area contributed by atoms with Crippen molar-refractivity contribution in [1.29, 1.82) is 0 Å². The molecule has 0 radical (unpaired) electrons. The third-order valence-electron chi connectivity index (χ3n) is 2.39. The van der Waals surface area contributed by atoms with Gasteiger partial charge in [0.2, 0.25) is 0 Å². The lowest BCUT2D eigenvalue weighted by atomic mass is 10.2. The van der Waals surface area contributed by atoms with E-state index in [1.807, 2.05) is 18.3 Å². The fourth-order valence-electron chi connectivity index (χ4n) is 1.70. The van der Waals surface area contributed by atoms with Crippen LogP contribution in [-0.2, 0) is 6.54 Å². The fraction of sp³-hybridized carbons (Fsp3) is 0.182. The predicted molar refractivity (Wildman–Crippen MR) is 63.5 cm³/mol. The number of rotatable bonds is 2. The van der Waals surface area contributed by atoms with Gasteiger partial charge in [-0.15, -0.1) is 0 Å². The number of benzene rings is 1. The lowest BCUT2D eigenvalue weighted by Crippen LogP contribution is -2.08. The Morgan fingerprint density at radius 2 is 2.14 bits per heavy atom. The normalized spacial score (nSPS) is 10.6. The highest BCUT2D eigenvalue weighted by Crippen LogP contribution is 2.20. The molecule has 0 saturated carbocycles. The number of nitrogens with zero attached hydrogens (tertiary/aromatic N) is 1. The zero-order valence-electron chi connectivity index (χ0n) is 8.03. The first-order valence-electron chi connectivity index (χ1n) is 4.61. The van der Waals surface area contributed by atoms with E-state index in [0.717, 1.165) is 17.5 Å². The van der Waals surface area contributed by atoms with Crippen molar-refractivity contribution >= 4 is 28.1 Å². The summed E-state index contributed by atoms with van der Waals surface area (Å²) < 4.78 is 2.16. The van der Waals surface area contributed by atoms with Gasteiger partial charge in [-0.05, 0) is 13.0 Å². The van der Waals surface area contributed by atoms with Gasteiger partial charge in [0.1, 0.15) is 4.99 Å². The van der Waals surface area contributed by atoms with E-state index in [-0.39, 0.29) is 0 Å². The van der Waals surface area contributed by atoms with Crippen molar-refractivity contribution in [3.8, 4) is 0 Å². The van der Waals surface area contributed by atoms with Gasteiger partial charge in [-0.1, -0.05) is 30.4 Å². The second-order valence-corrected chi connectivity index (χ2v) is 3.65. The fourth-order valence-corrected chi connectivity index (χ4v) is 1.87. The summed E-state index contributed by atoms with van der Waals surface area (Å²) in [5.74, 6) is 0. The van der Waals surface area contributed by atoms with Gasteiger partial charge in [0.15, 0.2) is 0 Å². The lowest BCUT2D eigenvalue weighted by Gasteiger charge is -1.97. The molecule has 0 aliphatic carbocycles. The minimum absolute atomic E-state index is 0.466. The molecule has 0 aliphatic rings. The van der Waals surface area contributed by atoms with E-state index in [9.17, 15) is 0 Å². The monoisotopic (exact) mass is 204 g/mol. The Morgan fingerprint density at radius 1 is 1.43 bits per heavy atom. The highest BCUT2D eigenvalue weighted by atomic mass is 32.1. The third kappa shape index (κ3) is 1.30. The molecule has 0 atom stereocenters. The highest BCUT2D eigenvalue weighted by molar-refractivity contribution is 7.80. The standard InChI is InChI=1S/C11H12N2S/c1-2-13-7-9(11(12)14)8-5-3-4-6-10(8)13/h3-7H,2H2,1H3,(H2,12,14). The maximum atomic E-state index is 5.67. The summed E-state index contributed by atoms with van der Waals surface area (Å²) in [5, 5.41) is 1.14. The molecule has 2 aromatic rings. The van der Waals surface area contributed by atoms with Crippen LogP contribution in [0, 0.1) is 0 Å². The Bertz CT molecular complexity index is 485. The van der Waals surface area contributed by atoms with Crippen LogP contribution in [-0.4, -0.2) is 9.56 Å². The molecule has 1 aromatic heterocycles. The average molecular weight is 204 g/mol. The van der Waals surface area contributed by atoms with Crippen LogP contribution in [0.1, 0.15) is 12.5 Å². The van der Waals surface area contributed by atoms with Crippen molar-refractivity contribution in [2.24, 2.45) is 5.73 Å². The van der Waals surface area contributed by atoms with Crippen LogP contribution in [0.3, 0.4) is 0 Å². The Morgan fingerprint density at radius 3 is 2.79 bits per heavy atom. The minimum atomic E-state index is 0.466. The maximum absolute atomic E-state index is 5.67. The number of fused-ring (bicyclic) bond motifs is 1. The van der Waals surface area contributed by atoms with Gasteiger partial charge in [-0.3, -0.25) is 0 Å². The van der Waals surface area contributed by atoms with Crippen LogP contribution in [0.5, 0.6) is 0 Å². The number of aryl methyl sites for hydroxylation is 1. The first-order chi connectivity index (χ1) is 6.74. The van der Waals surface area contributed by atoms with E-state index < -0.39 is 0 Å². The summed E-state index contributed by atoms with van der Waals surface area (Å²) in [5.41, 5.74) is 7.83. The molecule has 0 aliphatic heterocycles. The van der Waals surface area contributed by atoms with Crippen LogP contribution in [0.2, 0.25) is 0 Å². The summed E-state index contributed by atoms with van der Waals surface area (Å²) in [6, 6.07) is 8.17. The van der Waals surface area contributed by atoms with Gasteiger partial charge >= 0.3 is 0 Å². The lowest BCUT2D eigenvalue weighted by molar-refractivity contribution is 0.797. The zero-order valence-corrected chi connectivity index (χ0v) is 8.84. The minimum Gasteiger partial charge on any atom is -0.389 e. The molecular formula is C11H12N2S. The molecular weight excluding hydrogens is 192 g/mol. The van der Waals surface area contributed by atoms with Crippen LogP contribution in [0.4, 0.5) is 0 Å². The molecule has 2 N–H and O–H groups in total. The molecule has 0 spiro atoms. The first kappa shape index (κ1) is 9.21. The number of thiocarbonyl (C=S) groups is 1. The van der Waals surface area contributed by atoms with Crippen LogP contribution >= 0.6 is 12.2 Å². The van der Waals surface area contributed by atoms with Crippen molar-refractivity contribution < 1.29 is 0 Å². The average Bonchev–Trinajstić information content (AvgIpc) is 2.56. The van der Waals surface area contributed by atoms with Crippen molar-refractivity contribution in [3.05, 3.63) is 36.0 Å². The van der Waals surface area contributed by atoms with E-state index in [0.29, 0.717) is 4.99 Å². The number of aromatic nitrogens is 1. The summed E-state index contributed by atoms with van der Waals surface area (Å²) in [4.78, 5) is 0.466. The number of para-hydroxylation sites is 1. The third-order valence-corrected chi connectivity index (χ3v) is 2.61. The van der Waals surface area contributed by atoms with Gasteiger partial charge in [0.25, 0.3) is 0 Å². The van der Waals surface area contributed by atoms with Crippen LogP contribution < -0.4 is 5.73 Å². The number of nitrogens with two attached hydrogens (primary N) is 1. The first-order valence-corrected chi connectivity index (χ1v) is 5.02. The smallest absolute Gasteiger partial charge is 0.106 e. The molecule has 0 bridgehead atoms. The maximum Gasteiger partial charge on any atom is 0.106 e. The second kappa shape index (κ2) is 3.42. The quantitative estimate of drug-likeness (QED) is 0.761. The van der Waals surface area contributed by atoms with Crippen molar-refractivity contribution in [3.63, 3.8) is 0 Å². The van der Waals surface area contributed by atoms with Crippen molar-refractivity contribution in [2.75, 3.05) is 0 Å². The van der Waals surface area contributed by atoms with Crippen molar-refractivity contribution in [1.82, 2.24) is 4.57 Å². The Hall–Kier alpha value is -1.35. The van der Waals surface area contributed by atoms with E-state index in [1.165, 1.54) is 5.52 Å². The van der Waals surface area contributed by atoms with Crippen LogP contribution in [0.15, 0.2) is 30.5 Å². The number of hydrogen-bond donors (Lipinski definition) is 1. The molecule has 72 valence electrons. The Kier molecular flexibility index (Phi) is 2.25. The predicted octanol–water partition coefficient (Wildman–Crippen LogP) is 2.30. The molecule has 0 saturated heterocycles. The molecule has 2 nitrogen and oxygen atoms in total. The Labute approximate surface area is 88.3 Å². The van der Waals surface area contributed by atoms with E-state index in [2.05, 4.69) is 23.6 Å². The SMILES string of the molecule is CCn1cc(C(N)=S)c2ccccc21. The molecule has 1 heterocycles. The van der Waals surface area contributed by atoms with Gasteiger partial charge < -0.3 is 10.3 Å². The molecule has 0 fully saturated rings. The molecule has 0 unspecified atom stereocenters. The summed E-state index contributed by atoms with van der Waals surface area (Å²) in [6.45, 7) is 3.04. The molecule has 3 heteroatoms. The van der Waals surface area contributed by atoms with Gasteiger partial charge in [0.05, 0.1) is 0 Å². The molecule has 1 aromatic carbocycles. The second-order valence-electron chi connectivity index (χ2n) is 3.21. The summed E-state index contributed by atoms with van der Waals surface area (Å²) >= 11 is 5.02. The summed E-state index contributed by atoms with van der Waals surface area (Å²) in [6.07, 6.45) is 2.02. The molecule has 2 rings (SSSR count). The van der Waals surface area contributed by atoms with Gasteiger partial charge in [-0.25, -0.2) is 0 Å². The highest BCUT2D eigenvalue weighted by Gasteiger charge is 2.07. The van der Waals surface area contributed by atoms with E-state index in [4.69, 9.17) is 18.0 Å². The topological polar surface area (TPSA) is 30.9 Å². The van der Waals surface area contributed by atoms with Crippen LogP contribution in [0.25, 0.3) is 10.9 Å². The largest absolute Gasteiger partial charge is 0.389 e. The molecule has 0 amide bonds. The van der Waals surface area contributed by atoms with Gasteiger partial charge in [0, 0.05) is 29.2 Å². The van der Waals surface area contributed by atoms with E-state index in [1.54, 1.807) is 0 Å². The van der Waals surface area contributed by atoms with E-state index >= 15 is 0 Å². The van der Waals surface area contributed by atoms with Gasteiger partial charge in [-0.2, -0.15) is 0 Å². The number of hydrogen-bond acceptors (Lipinski definition) is 1. The molecule has 14 heavy (non-hydrogen) atoms. The van der Waals surface area contributed by atoms with Crippen molar-refractivity contribution in [2.45, 2.75) is 13.5 Å². The Balaban J connectivity index is 2.80.